The highest BCUT2D eigenvalue weighted by molar-refractivity contribution is 5.93. The molecular weight excluding hydrogens is 231 g/mol. The standard InChI is InChI=1S/C14H17FN2O/c1-9(13-6-14(16,7-13)8-13)12(18)17-11-4-2-10(15)3-5-11/h2-5,9H,6-8,16H2,1H3,(H,17,18)/t9-,13?,14?/m1/s1. The number of anilines is 1. The van der Waals surface area contributed by atoms with Crippen LogP contribution in [0.1, 0.15) is 26.2 Å². The summed E-state index contributed by atoms with van der Waals surface area (Å²) in [5, 5.41) is 2.83. The van der Waals surface area contributed by atoms with Gasteiger partial charge in [-0.2, -0.15) is 0 Å². The molecular formula is C14H17FN2O. The molecule has 3 aliphatic rings. The molecule has 0 saturated heterocycles. The highest BCUT2D eigenvalue weighted by Gasteiger charge is 2.68. The molecule has 96 valence electrons. The summed E-state index contributed by atoms with van der Waals surface area (Å²) in [4.78, 5) is 12.1. The second kappa shape index (κ2) is 3.54. The van der Waals surface area contributed by atoms with E-state index in [9.17, 15) is 9.18 Å². The minimum atomic E-state index is -0.300. The van der Waals surface area contributed by atoms with Gasteiger partial charge in [0, 0.05) is 17.1 Å². The lowest BCUT2D eigenvalue weighted by Gasteiger charge is -2.71. The highest BCUT2D eigenvalue weighted by Crippen LogP contribution is 2.69. The van der Waals surface area contributed by atoms with Crippen molar-refractivity contribution < 1.29 is 9.18 Å². The summed E-state index contributed by atoms with van der Waals surface area (Å²) in [6.07, 6.45) is 2.87. The summed E-state index contributed by atoms with van der Waals surface area (Å²) in [7, 11) is 0. The fourth-order valence-corrected chi connectivity index (χ4v) is 3.47. The van der Waals surface area contributed by atoms with Gasteiger partial charge in [-0.3, -0.25) is 4.79 Å². The van der Waals surface area contributed by atoms with Crippen LogP contribution in [-0.2, 0) is 4.79 Å². The fourth-order valence-electron chi connectivity index (χ4n) is 3.47. The first kappa shape index (κ1) is 11.7. The Morgan fingerprint density at radius 2 is 1.89 bits per heavy atom. The number of hydrogen-bond acceptors (Lipinski definition) is 2. The van der Waals surface area contributed by atoms with E-state index in [-0.39, 0.29) is 28.6 Å². The van der Waals surface area contributed by atoms with Crippen LogP contribution in [0, 0.1) is 17.2 Å². The maximum atomic E-state index is 12.8. The Labute approximate surface area is 106 Å². The van der Waals surface area contributed by atoms with Crippen molar-refractivity contribution in [3.8, 4) is 0 Å². The minimum absolute atomic E-state index is 0.00311. The maximum absolute atomic E-state index is 12.8. The van der Waals surface area contributed by atoms with Crippen molar-refractivity contribution in [3.63, 3.8) is 0 Å². The van der Waals surface area contributed by atoms with Gasteiger partial charge in [0.1, 0.15) is 5.82 Å². The molecule has 2 bridgehead atoms. The Kier molecular flexibility index (Phi) is 2.29. The first-order valence-electron chi connectivity index (χ1n) is 6.28. The van der Waals surface area contributed by atoms with E-state index in [2.05, 4.69) is 5.32 Å². The van der Waals surface area contributed by atoms with Crippen molar-refractivity contribution in [2.75, 3.05) is 5.32 Å². The molecule has 3 N–H and O–H groups in total. The van der Waals surface area contributed by atoms with E-state index >= 15 is 0 Å². The van der Waals surface area contributed by atoms with Crippen LogP contribution in [0.2, 0.25) is 0 Å². The topological polar surface area (TPSA) is 55.1 Å². The van der Waals surface area contributed by atoms with E-state index in [1.54, 1.807) is 12.1 Å². The summed E-state index contributed by atoms with van der Waals surface area (Å²) in [5.74, 6) is -0.332. The Balaban J connectivity index is 1.63. The van der Waals surface area contributed by atoms with Gasteiger partial charge in [-0.25, -0.2) is 4.39 Å². The second-order valence-electron chi connectivity index (χ2n) is 5.97. The van der Waals surface area contributed by atoms with Gasteiger partial charge in [0.15, 0.2) is 0 Å². The maximum Gasteiger partial charge on any atom is 0.227 e. The Morgan fingerprint density at radius 3 is 2.39 bits per heavy atom. The van der Waals surface area contributed by atoms with Gasteiger partial charge < -0.3 is 11.1 Å². The molecule has 1 atom stereocenters. The number of rotatable bonds is 3. The van der Waals surface area contributed by atoms with E-state index in [0.29, 0.717) is 5.69 Å². The zero-order valence-corrected chi connectivity index (χ0v) is 10.4. The summed E-state index contributed by atoms with van der Waals surface area (Å²) in [6, 6.07) is 5.84. The number of halogens is 1. The number of amides is 1. The molecule has 4 rings (SSSR count). The lowest BCUT2D eigenvalue weighted by Crippen LogP contribution is -2.75. The zero-order chi connectivity index (χ0) is 13.0. The third-order valence-corrected chi connectivity index (χ3v) is 4.54. The van der Waals surface area contributed by atoms with Gasteiger partial charge in [0.25, 0.3) is 0 Å². The van der Waals surface area contributed by atoms with Crippen LogP contribution in [0.5, 0.6) is 0 Å². The third kappa shape index (κ3) is 1.63. The van der Waals surface area contributed by atoms with Crippen molar-refractivity contribution >= 4 is 11.6 Å². The average Bonchev–Trinajstić information content (AvgIpc) is 2.26. The van der Waals surface area contributed by atoms with Crippen LogP contribution in [0.25, 0.3) is 0 Å². The minimum Gasteiger partial charge on any atom is -0.326 e. The molecule has 0 radical (unpaired) electrons. The van der Waals surface area contributed by atoms with Crippen LogP contribution in [-0.4, -0.2) is 11.4 Å². The molecule has 1 aromatic rings. The van der Waals surface area contributed by atoms with Gasteiger partial charge in [0.2, 0.25) is 5.91 Å². The SMILES string of the molecule is C[C@H](C(=O)Nc1ccc(F)cc1)C12CC(N)(C1)C2. The molecule has 0 unspecified atom stereocenters. The van der Waals surface area contributed by atoms with Crippen LogP contribution in [0.15, 0.2) is 24.3 Å². The molecule has 3 fully saturated rings. The Hall–Kier alpha value is -1.42. The predicted molar refractivity (Wildman–Crippen MR) is 67.4 cm³/mol. The lowest BCUT2D eigenvalue weighted by molar-refractivity contribution is -0.174. The van der Waals surface area contributed by atoms with E-state index in [0.717, 1.165) is 19.3 Å². The molecule has 3 saturated carbocycles. The quantitative estimate of drug-likeness (QED) is 0.862. The van der Waals surface area contributed by atoms with Gasteiger partial charge in [-0.1, -0.05) is 6.92 Å². The number of benzene rings is 1. The first-order chi connectivity index (χ1) is 8.42. The molecule has 0 spiro atoms. The van der Waals surface area contributed by atoms with Crippen LogP contribution in [0.3, 0.4) is 0 Å². The van der Waals surface area contributed by atoms with Crippen LogP contribution < -0.4 is 11.1 Å². The molecule has 0 heterocycles. The average molecular weight is 248 g/mol. The Morgan fingerprint density at radius 1 is 1.33 bits per heavy atom. The summed E-state index contributed by atoms with van der Waals surface area (Å²) in [6.45, 7) is 1.96. The van der Waals surface area contributed by atoms with Crippen molar-refractivity contribution in [2.45, 2.75) is 31.7 Å². The molecule has 0 aromatic heterocycles. The largest absolute Gasteiger partial charge is 0.326 e. The van der Waals surface area contributed by atoms with Crippen molar-refractivity contribution in [1.29, 1.82) is 0 Å². The molecule has 3 nitrogen and oxygen atoms in total. The van der Waals surface area contributed by atoms with E-state index < -0.39 is 0 Å². The molecule has 1 aromatic carbocycles. The van der Waals surface area contributed by atoms with Crippen molar-refractivity contribution in [1.82, 2.24) is 0 Å². The number of carbonyl (C=O) groups excluding carboxylic acids is 1. The molecule has 4 heteroatoms. The zero-order valence-electron chi connectivity index (χ0n) is 10.4. The van der Waals surface area contributed by atoms with Gasteiger partial charge in [-0.15, -0.1) is 0 Å². The number of nitrogens with one attached hydrogen (secondary N) is 1. The Bertz CT molecular complexity index is 477. The monoisotopic (exact) mass is 248 g/mol. The molecule has 1 amide bonds. The van der Waals surface area contributed by atoms with Gasteiger partial charge in [-0.05, 0) is 48.9 Å². The van der Waals surface area contributed by atoms with Gasteiger partial charge >= 0.3 is 0 Å². The van der Waals surface area contributed by atoms with Gasteiger partial charge in [0.05, 0.1) is 0 Å². The third-order valence-electron chi connectivity index (χ3n) is 4.54. The predicted octanol–water partition coefficient (Wildman–Crippen LogP) is 2.28. The van der Waals surface area contributed by atoms with Crippen LogP contribution in [0.4, 0.5) is 10.1 Å². The first-order valence-corrected chi connectivity index (χ1v) is 6.28. The number of nitrogens with two attached hydrogens (primary N) is 1. The number of hydrogen-bond donors (Lipinski definition) is 2. The summed E-state index contributed by atoms with van der Waals surface area (Å²) < 4.78 is 12.8. The molecule has 0 aliphatic heterocycles. The fraction of sp³-hybridized carbons (Fsp3) is 0.500. The summed E-state index contributed by atoms with van der Waals surface area (Å²) in [5.41, 5.74) is 6.79. The number of carbonyl (C=O) groups is 1. The highest BCUT2D eigenvalue weighted by atomic mass is 19.1. The normalized spacial score (nSPS) is 34.2. The summed E-state index contributed by atoms with van der Waals surface area (Å²) >= 11 is 0. The van der Waals surface area contributed by atoms with Crippen molar-refractivity contribution in [2.24, 2.45) is 17.1 Å². The van der Waals surface area contributed by atoms with E-state index in [1.807, 2.05) is 6.92 Å². The molecule has 18 heavy (non-hydrogen) atoms. The smallest absolute Gasteiger partial charge is 0.227 e. The van der Waals surface area contributed by atoms with Crippen molar-refractivity contribution in [3.05, 3.63) is 30.1 Å². The molecule has 3 aliphatic carbocycles. The van der Waals surface area contributed by atoms with E-state index in [4.69, 9.17) is 5.73 Å². The second-order valence-corrected chi connectivity index (χ2v) is 5.97. The van der Waals surface area contributed by atoms with E-state index in [1.165, 1.54) is 12.1 Å². The lowest BCUT2D eigenvalue weighted by atomic mass is 9.36. The van der Waals surface area contributed by atoms with Crippen LogP contribution >= 0.6 is 0 Å².